The predicted molar refractivity (Wildman–Crippen MR) is 104 cm³/mol. The largest absolute Gasteiger partial charge is 0.347 e. The molecule has 0 aliphatic heterocycles. The van der Waals surface area contributed by atoms with Crippen LogP contribution < -0.4 is 16.7 Å². The number of hydrogen-bond acceptors (Lipinski definition) is 4. The molecule has 1 aliphatic rings. The zero-order valence-corrected chi connectivity index (χ0v) is 15.7. The molecule has 1 amide bonds. The first-order valence-electron chi connectivity index (χ1n) is 8.66. The second kappa shape index (κ2) is 8.47. The molecule has 3 N–H and O–H groups in total. The van der Waals surface area contributed by atoms with Gasteiger partial charge in [0.1, 0.15) is 0 Å². The van der Waals surface area contributed by atoms with Gasteiger partial charge < -0.3 is 11.1 Å². The van der Waals surface area contributed by atoms with Crippen molar-refractivity contribution in [1.82, 2.24) is 9.55 Å². The minimum absolute atomic E-state index is 0. The van der Waals surface area contributed by atoms with Gasteiger partial charge in [0, 0.05) is 23.6 Å². The van der Waals surface area contributed by atoms with Gasteiger partial charge in [0.25, 0.3) is 0 Å². The fourth-order valence-corrected chi connectivity index (χ4v) is 3.47. The predicted octanol–water partition coefficient (Wildman–Crippen LogP) is 2.56. The Labute approximate surface area is 159 Å². The number of hydrogen-bond donors (Lipinski definition) is 2. The number of carbonyl (C=O) groups excluding carboxylic acids is 1. The van der Waals surface area contributed by atoms with E-state index in [4.69, 9.17) is 5.73 Å². The van der Waals surface area contributed by atoms with Crippen molar-refractivity contribution in [2.24, 2.45) is 11.7 Å². The van der Waals surface area contributed by atoms with E-state index in [-0.39, 0.29) is 29.9 Å². The number of benzene rings is 1. The summed E-state index contributed by atoms with van der Waals surface area (Å²) in [6.07, 6.45) is 6.98. The molecule has 2 atom stereocenters. The number of halogens is 1. The molecule has 1 saturated carbocycles. The van der Waals surface area contributed by atoms with Gasteiger partial charge >= 0.3 is 5.69 Å². The molecule has 1 aromatic carbocycles. The lowest BCUT2D eigenvalue weighted by Gasteiger charge is -2.37. The molecule has 1 aliphatic carbocycles. The quantitative estimate of drug-likeness (QED) is 0.858. The van der Waals surface area contributed by atoms with E-state index in [0.717, 1.165) is 36.9 Å². The Balaban J connectivity index is 0.00000243. The van der Waals surface area contributed by atoms with Gasteiger partial charge in [-0.05, 0) is 43.5 Å². The van der Waals surface area contributed by atoms with Crippen molar-refractivity contribution in [2.75, 3.05) is 5.32 Å². The van der Waals surface area contributed by atoms with Crippen LogP contribution in [0.3, 0.4) is 0 Å². The monoisotopic (exact) mass is 376 g/mol. The molecule has 2 aromatic rings. The molecule has 7 heteroatoms. The van der Waals surface area contributed by atoms with Crippen LogP contribution in [0.15, 0.2) is 47.5 Å². The maximum Gasteiger partial charge on any atom is 0.347 e. The standard InChI is InChI=1S/C19H24N4O2.ClH/c1-19(20)9-3-2-8-16(19)17(24)22-15-7-4-6-14(12-15)13-23-11-5-10-21-18(23)25;/h4-7,10-12,16H,2-3,8-9,13,20H2,1H3,(H,22,24);1H. The highest BCUT2D eigenvalue weighted by atomic mass is 35.5. The van der Waals surface area contributed by atoms with Gasteiger partial charge in [-0.15, -0.1) is 12.4 Å². The number of nitrogens with two attached hydrogens (primary N) is 1. The lowest BCUT2D eigenvalue weighted by atomic mass is 9.74. The summed E-state index contributed by atoms with van der Waals surface area (Å²) in [6, 6.07) is 9.24. The summed E-state index contributed by atoms with van der Waals surface area (Å²) in [4.78, 5) is 28.1. The second-order valence-corrected chi connectivity index (χ2v) is 7.02. The summed E-state index contributed by atoms with van der Waals surface area (Å²) >= 11 is 0. The average Bonchev–Trinajstić information content (AvgIpc) is 2.57. The molecule has 1 heterocycles. The Bertz CT molecular complexity index is 819. The molecule has 1 aromatic heterocycles. The van der Waals surface area contributed by atoms with Crippen molar-refractivity contribution in [1.29, 1.82) is 0 Å². The summed E-state index contributed by atoms with van der Waals surface area (Å²) in [5, 5.41) is 2.99. The molecular weight excluding hydrogens is 352 g/mol. The van der Waals surface area contributed by atoms with E-state index in [1.807, 2.05) is 31.2 Å². The van der Waals surface area contributed by atoms with Gasteiger partial charge in [0.05, 0.1) is 12.5 Å². The molecule has 2 unspecified atom stereocenters. The normalized spacial score (nSPS) is 22.3. The van der Waals surface area contributed by atoms with Crippen molar-refractivity contribution >= 4 is 24.0 Å². The van der Waals surface area contributed by atoms with Crippen LogP contribution in [0.25, 0.3) is 0 Å². The molecule has 6 nitrogen and oxygen atoms in total. The van der Waals surface area contributed by atoms with Gasteiger partial charge in [-0.2, -0.15) is 0 Å². The number of nitrogens with zero attached hydrogens (tertiary/aromatic N) is 2. The van der Waals surface area contributed by atoms with Crippen LogP contribution in [0.4, 0.5) is 5.69 Å². The van der Waals surface area contributed by atoms with E-state index in [1.165, 1.54) is 10.8 Å². The molecule has 0 spiro atoms. The van der Waals surface area contributed by atoms with Crippen LogP contribution in [0, 0.1) is 5.92 Å². The van der Waals surface area contributed by atoms with E-state index in [0.29, 0.717) is 6.54 Å². The van der Waals surface area contributed by atoms with Crippen LogP contribution in [-0.4, -0.2) is 21.0 Å². The minimum Gasteiger partial charge on any atom is -0.326 e. The first kappa shape index (κ1) is 20.1. The van der Waals surface area contributed by atoms with E-state index in [9.17, 15) is 9.59 Å². The van der Waals surface area contributed by atoms with E-state index in [1.54, 1.807) is 12.3 Å². The Morgan fingerprint density at radius 3 is 2.92 bits per heavy atom. The summed E-state index contributed by atoms with van der Waals surface area (Å²) in [7, 11) is 0. The van der Waals surface area contributed by atoms with Gasteiger partial charge in [-0.3, -0.25) is 9.36 Å². The third-order valence-corrected chi connectivity index (χ3v) is 4.90. The summed E-state index contributed by atoms with van der Waals surface area (Å²) in [5.41, 5.74) is 7.22. The molecule has 1 fully saturated rings. The van der Waals surface area contributed by atoms with Crippen LogP contribution in [0.2, 0.25) is 0 Å². The van der Waals surface area contributed by atoms with Crippen LogP contribution in [-0.2, 0) is 11.3 Å². The number of anilines is 1. The topological polar surface area (TPSA) is 90.0 Å². The minimum atomic E-state index is -0.455. The highest BCUT2D eigenvalue weighted by Gasteiger charge is 2.37. The summed E-state index contributed by atoms with van der Waals surface area (Å²) in [6.45, 7) is 2.37. The van der Waals surface area contributed by atoms with Gasteiger partial charge in [-0.25, -0.2) is 9.78 Å². The fraction of sp³-hybridized carbons (Fsp3) is 0.421. The molecule has 140 valence electrons. The van der Waals surface area contributed by atoms with Gasteiger partial charge in [0.2, 0.25) is 5.91 Å². The van der Waals surface area contributed by atoms with Gasteiger partial charge in [-0.1, -0.05) is 25.0 Å². The van der Waals surface area contributed by atoms with Gasteiger partial charge in [0.15, 0.2) is 0 Å². The third kappa shape index (κ3) is 4.71. The Morgan fingerprint density at radius 1 is 1.38 bits per heavy atom. The Hall–Kier alpha value is -2.18. The van der Waals surface area contributed by atoms with Crippen LogP contribution in [0.5, 0.6) is 0 Å². The number of aromatic nitrogens is 2. The molecular formula is C19H25ClN4O2. The Morgan fingerprint density at radius 2 is 2.19 bits per heavy atom. The molecule has 0 saturated heterocycles. The number of rotatable bonds is 4. The fourth-order valence-electron chi connectivity index (χ4n) is 3.47. The summed E-state index contributed by atoms with van der Waals surface area (Å²) in [5.74, 6) is -0.203. The maximum absolute atomic E-state index is 12.7. The Kier molecular flexibility index (Phi) is 6.56. The first-order chi connectivity index (χ1) is 12.0. The molecule has 0 radical (unpaired) electrons. The molecule has 0 bridgehead atoms. The SMILES string of the molecule is CC1(N)CCCCC1C(=O)Nc1cccc(Cn2cccnc2=O)c1.Cl. The highest BCUT2D eigenvalue weighted by molar-refractivity contribution is 5.93. The van der Waals surface area contributed by atoms with E-state index in [2.05, 4.69) is 10.3 Å². The average molecular weight is 377 g/mol. The van der Waals surface area contributed by atoms with Crippen LogP contribution in [0.1, 0.15) is 38.2 Å². The van der Waals surface area contributed by atoms with Crippen molar-refractivity contribution in [2.45, 2.75) is 44.7 Å². The van der Waals surface area contributed by atoms with Crippen molar-refractivity contribution < 1.29 is 4.79 Å². The lowest BCUT2D eigenvalue weighted by Crippen LogP contribution is -2.51. The second-order valence-electron chi connectivity index (χ2n) is 7.02. The number of nitrogens with one attached hydrogen (secondary N) is 1. The van der Waals surface area contributed by atoms with Crippen molar-refractivity contribution in [3.63, 3.8) is 0 Å². The smallest absolute Gasteiger partial charge is 0.326 e. The molecule has 3 rings (SSSR count). The zero-order valence-electron chi connectivity index (χ0n) is 14.9. The van der Waals surface area contributed by atoms with Crippen LogP contribution >= 0.6 is 12.4 Å². The number of carbonyl (C=O) groups is 1. The summed E-state index contributed by atoms with van der Waals surface area (Å²) < 4.78 is 1.53. The highest BCUT2D eigenvalue weighted by Crippen LogP contribution is 2.32. The zero-order chi connectivity index (χ0) is 17.9. The third-order valence-electron chi connectivity index (χ3n) is 4.90. The molecule has 26 heavy (non-hydrogen) atoms. The lowest BCUT2D eigenvalue weighted by molar-refractivity contribution is -0.122. The van der Waals surface area contributed by atoms with Crippen molar-refractivity contribution in [3.05, 3.63) is 58.8 Å². The van der Waals surface area contributed by atoms with E-state index >= 15 is 0 Å². The first-order valence-corrected chi connectivity index (χ1v) is 8.66. The number of amides is 1. The maximum atomic E-state index is 12.7. The van der Waals surface area contributed by atoms with Crippen molar-refractivity contribution in [3.8, 4) is 0 Å². The van der Waals surface area contributed by atoms with E-state index < -0.39 is 5.54 Å².